The molecule has 1 atom stereocenters. The lowest BCUT2D eigenvalue weighted by Crippen LogP contribution is -2.11. The molecule has 15 heavy (non-hydrogen) atoms. The second-order valence-corrected chi connectivity index (χ2v) is 3.51. The fraction of sp³-hybridized carbons (Fsp3) is 0.455. The maximum Gasteiger partial charge on any atom is 0.269 e. The Bertz CT molecular complexity index is 364. The van der Waals surface area contributed by atoms with Crippen LogP contribution in [0.15, 0.2) is 18.2 Å². The van der Waals surface area contributed by atoms with Crippen LogP contribution in [0.5, 0.6) is 0 Å². The van der Waals surface area contributed by atoms with E-state index in [1.165, 1.54) is 6.07 Å². The molecule has 4 heteroatoms. The van der Waals surface area contributed by atoms with E-state index >= 15 is 0 Å². The Hall–Kier alpha value is -1.42. The molecule has 0 saturated heterocycles. The average molecular weight is 208 g/mol. The van der Waals surface area contributed by atoms with Gasteiger partial charge in [0.2, 0.25) is 0 Å². The third-order valence-corrected chi connectivity index (χ3v) is 2.56. The number of hydrogen-bond donors (Lipinski definition) is 1. The molecule has 1 aromatic carbocycles. The standard InChI is InChI=1S/C11H16N2O2/c1-3-8-5-6-9(13(14)15)7-10(8)11(12)4-2/h5-7,11H,3-4,12H2,1-2H3. The van der Waals surface area contributed by atoms with Gasteiger partial charge in [0.15, 0.2) is 0 Å². The summed E-state index contributed by atoms with van der Waals surface area (Å²) in [6.07, 6.45) is 1.63. The van der Waals surface area contributed by atoms with Gasteiger partial charge in [-0.1, -0.05) is 19.9 Å². The Morgan fingerprint density at radius 3 is 2.60 bits per heavy atom. The molecule has 4 nitrogen and oxygen atoms in total. The summed E-state index contributed by atoms with van der Waals surface area (Å²) >= 11 is 0. The van der Waals surface area contributed by atoms with Crippen molar-refractivity contribution >= 4 is 5.69 Å². The Morgan fingerprint density at radius 1 is 1.47 bits per heavy atom. The van der Waals surface area contributed by atoms with Gasteiger partial charge < -0.3 is 5.73 Å². The molecule has 0 bridgehead atoms. The quantitative estimate of drug-likeness (QED) is 0.610. The van der Waals surface area contributed by atoms with Gasteiger partial charge >= 0.3 is 0 Å². The topological polar surface area (TPSA) is 69.2 Å². The third-order valence-electron chi connectivity index (χ3n) is 2.56. The Kier molecular flexibility index (Phi) is 3.80. The van der Waals surface area contributed by atoms with Crippen LogP contribution < -0.4 is 5.73 Å². The number of nitro benzene ring substituents is 1. The van der Waals surface area contributed by atoms with Crippen LogP contribution >= 0.6 is 0 Å². The molecule has 0 radical (unpaired) electrons. The lowest BCUT2D eigenvalue weighted by molar-refractivity contribution is -0.384. The number of nitrogens with two attached hydrogens (primary N) is 1. The summed E-state index contributed by atoms with van der Waals surface area (Å²) in [6, 6.07) is 4.81. The second-order valence-electron chi connectivity index (χ2n) is 3.51. The summed E-state index contributed by atoms with van der Waals surface area (Å²) in [5.74, 6) is 0. The smallest absolute Gasteiger partial charge is 0.269 e. The van der Waals surface area contributed by atoms with Crippen LogP contribution in [0, 0.1) is 10.1 Å². The Labute approximate surface area is 89.2 Å². The summed E-state index contributed by atoms with van der Waals surface area (Å²) in [6.45, 7) is 4.00. The highest BCUT2D eigenvalue weighted by molar-refractivity contribution is 5.41. The Balaban J connectivity index is 3.18. The summed E-state index contributed by atoms with van der Waals surface area (Å²) in [5.41, 5.74) is 8.02. The van der Waals surface area contributed by atoms with Gasteiger partial charge in [-0.15, -0.1) is 0 Å². The predicted octanol–water partition coefficient (Wildman–Crippen LogP) is 2.57. The van der Waals surface area contributed by atoms with Crippen molar-refractivity contribution in [2.24, 2.45) is 5.73 Å². The van der Waals surface area contributed by atoms with Crippen LogP contribution in [0.4, 0.5) is 5.69 Å². The maximum absolute atomic E-state index is 10.6. The van der Waals surface area contributed by atoms with Gasteiger partial charge in [0.1, 0.15) is 0 Å². The van der Waals surface area contributed by atoms with Crippen LogP contribution in [0.3, 0.4) is 0 Å². The highest BCUT2D eigenvalue weighted by Gasteiger charge is 2.13. The van der Waals surface area contributed by atoms with Gasteiger partial charge in [0, 0.05) is 18.2 Å². The van der Waals surface area contributed by atoms with Crippen LogP contribution in [-0.2, 0) is 6.42 Å². The van der Waals surface area contributed by atoms with E-state index in [0.29, 0.717) is 0 Å². The van der Waals surface area contributed by atoms with Crippen molar-refractivity contribution in [1.82, 2.24) is 0 Å². The van der Waals surface area contributed by atoms with Gasteiger partial charge in [-0.2, -0.15) is 0 Å². The van der Waals surface area contributed by atoms with E-state index in [2.05, 4.69) is 0 Å². The molecule has 2 N–H and O–H groups in total. The zero-order chi connectivity index (χ0) is 11.4. The van der Waals surface area contributed by atoms with E-state index in [1.807, 2.05) is 13.8 Å². The minimum atomic E-state index is -0.384. The molecule has 1 unspecified atom stereocenters. The number of benzene rings is 1. The zero-order valence-electron chi connectivity index (χ0n) is 9.06. The molecule has 0 heterocycles. The van der Waals surface area contributed by atoms with E-state index in [-0.39, 0.29) is 16.7 Å². The van der Waals surface area contributed by atoms with Crippen molar-refractivity contribution in [2.75, 3.05) is 0 Å². The number of hydrogen-bond acceptors (Lipinski definition) is 3. The molecule has 0 aromatic heterocycles. The molecule has 0 aliphatic carbocycles. The zero-order valence-corrected chi connectivity index (χ0v) is 9.06. The molecule has 0 aliphatic heterocycles. The van der Waals surface area contributed by atoms with E-state index in [1.54, 1.807) is 12.1 Å². The molecule has 0 amide bonds. The number of non-ortho nitro benzene ring substituents is 1. The van der Waals surface area contributed by atoms with Crippen LogP contribution in [0.2, 0.25) is 0 Å². The van der Waals surface area contributed by atoms with Crippen LogP contribution in [0.1, 0.15) is 37.4 Å². The lowest BCUT2D eigenvalue weighted by atomic mass is 9.97. The molecule has 1 rings (SSSR count). The normalized spacial score (nSPS) is 12.5. The minimum absolute atomic E-state index is 0.111. The van der Waals surface area contributed by atoms with Gasteiger partial charge in [-0.05, 0) is 24.0 Å². The van der Waals surface area contributed by atoms with Crippen molar-refractivity contribution in [2.45, 2.75) is 32.7 Å². The van der Waals surface area contributed by atoms with Crippen LogP contribution in [0.25, 0.3) is 0 Å². The van der Waals surface area contributed by atoms with Crippen molar-refractivity contribution in [1.29, 1.82) is 0 Å². The minimum Gasteiger partial charge on any atom is -0.324 e. The molecule has 0 fully saturated rings. The number of nitrogens with zero attached hydrogens (tertiary/aromatic N) is 1. The van der Waals surface area contributed by atoms with Gasteiger partial charge in [0.25, 0.3) is 5.69 Å². The maximum atomic E-state index is 10.6. The molecular weight excluding hydrogens is 192 g/mol. The summed E-state index contributed by atoms with van der Waals surface area (Å²) in [7, 11) is 0. The molecular formula is C11H16N2O2. The summed E-state index contributed by atoms with van der Waals surface area (Å²) in [5, 5.41) is 10.6. The molecule has 82 valence electrons. The van der Waals surface area contributed by atoms with Gasteiger partial charge in [-0.25, -0.2) is 0 Å². The largest absolute Gasteiger partial charge is 0.324 e. The van der Waals surface area contributed by atoms with E-state index in [4.69, 9.17) is 5.73 Å². The summed E-state index contributed by atoms with van der Waals surface area (Å²) in [4.78, 5) is 10.2. The molecule has 0 spiro atoms. The van der Waals surface area contributed by atoms with E-state index in [9.17, 15) is 10.1 Å². The average Bonchev–Trinajstić information content (AvgIpc) is 2.27. The van der Waals surface area contributed by atoms with Crippen molar-refractivity contribution in [3.8, 4) is 0 Å². The van der Waals surface area contributed by atoms with Gasteiger partial charge in [0.05, 0.1) is 4.92 Å². The second kappa shape index (κ2) is 4.89. The number of nitro groups is 1. The van der Waals surface area contributed by atoms with Gasteiger partial charge in [-0.3, -0.25) is 10.1 Å². The first-order chi connectivity index (χ1) is 7.10. The summed E-state index contributed by atoms with van der Waals surface area (Å²) < 4.78 is 0. The monoisotopic (exact) mass is 208 g/mol. The number of rotatable bonds is 4. The first kappa shape index (κ1) is 11.7. The predicted molar refractivity (Wildman–Crippen MR) is 59.7 cm³/mol. The first-order valence-electron chi connectivity index (χ1n) is 5.12. The highest BCUT2D eigenvalue weighted by atomic mass is 16.6. The molecule has 0 saturated carbocycles. The Morgan fingerprint density at radius 2 is 2.13 bits per heavy atom. The lowest BCUT2D eigenvalue weighted by Gasteiger charge is -2.13. The van der Waals surface area contributed by atoms with Crippen molar-refractivity contribution < 1.29 is 4.92 Å². The number of aryl methyl sites for hydroxylation is 1. The van der Waals surface area contributed by atoms with E-state index < -0.39 is 0 Å². The van der Waals surface area contributed by atoms with E-state index in [0.717, 1.165) is 24.0 Å². The first-order valence-corrected chi connectivity index (χ1v) is 5.12. The highest BCUT2D eigenvalue weighted by Crippen LogP contribution is 2.24. The molecule has 1 aromatic rings. The third kappa shape index (κ3) is 2.53. The fourth-order valence-corrected chi connectivity index (χ4v) is 1.58. The fourth-order valence-electron chi connectivity index (χ4n) is 1.58. The van der Waals surface area contributed by atoms with Crippen molar-refractivity contribution in [3.05, 3.63) is 39.4 Å². The van der Waals surface area contributed by atoms with Crippen LogP contribution in [-0.4, -0.2) is 4.92 Å². The molecule has 0 aliphatic rings. The SMILES string of the molecule is CCc1ccc([N+](=O)[O-])cc1C(N)CC. The van der Waals surface area contributed by atoms with Crippen molar-refractivity contribution in [3.63, 3.8) is 0 Å².